The summed E-state index contributed by atoms with van der Waals surface area (Å²) < 4.78 is 0. The van der Waals surface area contributed by atoms with Gasteiger partial charge in [-0.25, -0.2) is 0 Å². The van der Waals surface area contributed by atoms with E-state index in [4.69, 9.17) is 0 Å². The van der Waals surface area contributed by atoms with Crippen LogP contribution in [-0.2, 0) is 0 Å². The van der Waals surface area contributed by atoms with E-state index in [-0.39, 0.29) is 0 Å². The van der Waals surface area contributed by atoms with Gasteiger partial charge in [-0.1, -0.05) is 64.0 Å². The number of benzene rings is 2. The lowest BCUT2D eigenvalue weighted by molar-refractivity contribution is 0.902. The third kappa shape index (κ3) is 3.89. The van der Waals surface area contributed by atoms with E-state index in [1.54, 1.807) is 0 Å². The van der Waals surface area contributed by atoms with Gasteiger partial charge in [-0.05, 0) is 24.6 Å². The van der Waals surface area contributed by atoms with E-state index >= 15 is 0 Å². The van der Waals surface area contributed by atoms with Gasteiger partial charge in [-0.2, -0.15) is 0 Å². The maximum absolute atomic E-state index is 3.63. The SMILES string of the molecule is Cc1cccc(SCC(CBr)c2ccccc2)c1. The largest absolute Gasteiger partial charge is 0.125 e. The first-order valence-electron chi connectivity index (χ1n) is 6.10. The summed E-state index contributed by atoms with van der Waals surface area (Å²) in [4.78, 5) is 1.36. The molecule has 1 unspecified atom stereocenters. The monoisotopic (exact) mass is 320 g/mol. The van der Waals surface area contributed by atoms with E-state index in [2.05, 4.69) is 77.5 Å². The van der Waals surface area contributed by atoms with Crippen molar-refractivity contribution < 1.29 is 0 Å². The second-order valence-electron chi connectivity index (χ2n) is 4.39. The second-order valence-corrected chi connectivity index (χ2v) is 6.13. The lowest BCUT2D eigenvalue weighted by Gasteiger charge is -2.14. The first-order chi connectivity index (χ1) is 8.79. The molecule has 0 spiro atoms. The quantitative estimate of drug-likeness (QED) is 0.534. The Labute approximate surface area is 122 Å². The number of aryl methyl sites for hydroxylation is 1. The molecule has 94 valence electrons. The van der Waals surface area contributed by atoms with Gasteiger partial charge in [0.15, 0.2) is 0 Å². The van der Waals surface area contributed by atoms with Gasteiger partial charge in [-0.15, -0.1) is 11.8 Å². The molecule has 0 saturated heterocycles. The first kappa shape index (κ1) is 13.7. The Morgan fingerprint density at radius 2 is 1.83 bits per heavy atom. The Kier molecular flexibility index (Phi) is 5.33. The predicted octanol–water partition coefficient (Wildman–Crippen LogP) is 5.27. The van der Waals surface area contributed by atoms with Gasteiger partial charge in [0.1, 0.15) is 0 Å². The Bertz CT molecular complexity index is 481. The minimum Gasteiger partial charge on any atom is -0.125 e. The molecule has 0 heterocycles. The van der Waals surface area contributed by atoms with Gasteiger partial charge in [0.2, 0.25) is 0 Å². The van der Waals surface area contributed by atoms with E-state index < -0.39 is 0 Å². The summed E-state index contributed by atoms with van der Waals surface area (Å²) in [5, 5.41) is 1.01. The van der Waals surface area contributed by atoms with Crippen molar-refractivity contribution in [1.82, 2.24) is 0 Å². The van der Waals surface area contributed by atoms with Crippen molar-refractivity contribution in [2.75, 3.05) is 11.1 Å². The van der Waals surface area contributed by atoms with Crippen molar-refractivity contribution in [3.8, 4) is 0 Å². The summed E-state index contributed by atoms with van der Waals surface area (Å²) in [7, 11) is 0. The van der Waals surface area contributed by atoms with Gasteiger partial charge in [0, 0.05) is 21.9 Å². The zero-order chi connectivity index (χ0) is 12.8. The van der Waals surface area contributed by atoms with Crippen LogP contribution in [0.5, 0.6) is 0 Å². The number of hydrogen-bond acceptors (Lipinski definition) is 1. The van der Waals surface area contributed by atoms with E-state index in [1.807, 2.05) is 11.8 Å². The second kappa shape index (κ2) is 7.01. The Morgan fingerprint density at radius 3 is 2.50 bits per heavy atom. The zero-order valence-electron chi connectivity index (χ0n) is 10.5. The highest BCUT2D eigenvalue weighted by molar-refractivity contribution is 9.09. The molecule has 0 aromatic heterocycles. The van der Waals surface area contributed by atoms with Crippen molar-refractivity contribution >= 4 is 27.7 Å². The molecule has 18 heavy (non-hydrogen) atoms. The molecule has 0 aliphatic heterocycles. The Hall–Kier alpha value is -0.730. The number of halogens is 1. The molecule has 0 N–H and O–H groups in total. The minimum absolute atomic E-state index is 0.566. The fourth-order valence-electron chi connectivity index (χ4n) is 1.86. The molecule has 2 aromatic carbocycles. The van der Waals surface area contributed by atoms with E-state index in [0.717, 1.165) is 11.1 Å². The highest BCUT2D eigenvalue weighted by atomic mass is 79.9. The standard InChI is InChI=1S/C16H17BrS/c1-13-6-5-9-16(10-13)18-12-15(11-17)14-7-3-2-4-8-14/h2-10,15H,11-12H2,1H3. The fourth-order valence-corrected chi connectivity index (χ4v) is 3.91. The van der Waals surface area contributed by atoms with Crippen LogP contribution in [-0.4, -0.2) is 11.1 Å². The van der Waals surface area contributed by atoms with Gasteiger partial charge in [0.25, 0.3) is 0 Å². The summed E-state index contributed by atoms with van der Waals surface area (Å²) in [6, 6.07) is 19.4. The highest BCUT2D eigenvalue weighted by Gasteiger charge is 2.10. The van der Waals surface area contributed by atoms with Crippen LogP contribution in [0.3, 0.4) is 0 Å². The fraction of sp³-hybridized carbons (Fsp3) is 0.250. The lowest BCUT2D eigenvalue weighted by Crippen LogP contribution is -2.03. The van der Waals surface area contributed by atoms with Crippen LogP contribution in [0.1, 0.15) is 17.0 Å². The van der Waals surface area contributed by atoms with Crippen LogP contribution in [0.4, 0.5) is 0 Å². The van der Waals surface area contributed by atoms with Crippen molar-refractivity contribution in [3.63, 3.8) is 0 Å². The molecule has 0 aliphatic rings. The van der Waals surface area contributed by atoms with E-state index in [9.17, 15) is 0 Å². The third-order valence-electron chi connectivity index (χ3n) is 2.90. The molecular formula is C16H17BrS. The molecule has 0 amide bonds. The van der Waals surface area contributed by atoms with E-state index in [1.165, 1.54) is 16.0 Å². The molecule has 0 bridgehead atoms. The van der Waals surface area contributed by atoms with Crippen molar-refractivity contribution in [1.29, 1.82) is 0 Å². The normalized spacial score (nSPS) is 12.3. The number of alkyl halides is 1. The topological polar surface area (TPSA) is 0 Å². The van der Waals surface area contributed by atoms with Crippen LogP contribution < -0.4 is 0 Å². The van der Waals surface area contributed by atoms with Crippen molar-refractivity contribution in [3.05, 3.63) is 65.7 Å². The van der Waals surface area contributed by atoms with Crippen LogP contribution in [0.25, 0.3) is 0 Å². The van der Waals surface area contributed by atoms with Crippen LogP contribution in [0.2, 0.25) is 0 Å². The maximum atomic E-state index is 3.63. The molecular weight excluding hydrogens is 304 g/mol. The van der Waals surface area contributed by atoms with Crippen LogP contribution in [0, 0.1) is 6.92 Å². The highest BCUT2D eigenvalue weighted by Crippen LogP contribution is 2.28. The molecule has 2 aromatic rings. The van der Waals surface area contributed by atoms with Gasteiger partial charge < -0.3 is 0 Å². The molecule has 0 aliphatic carbocycles. The Balaban J connectivity index is 2.00. The maximum Gasteiger partial charge on any atom is 0.0108 e. The minimum atomic E-state index is 0.566. The van der Waals surface area contributed by atoms with E-state index in [0.29, 0.717) is 5.92 Å². The number of rotatable bonds is 5. The third-order valence-corrected chi connectivity index (χ3v) is 4.84. The van der Waals surface area contributed by atoms with Crippen LogP contribution >= 0.6 is 27.7 Å². The Morgan fingerprint density at radius 1 is 1.06 bits per heavy atom. The summed E-state index contributed by atoms with van der Waals surface area (Å²) in [6.45, 7) is 2.14. The summed E-state index contributed by atoms with van der Waals surface area (Å²) in [6.07, 6.45) is 0. The molecule has 2 rings (SSSR count). The molecule has 2 heteroatoms. The summed E-state index contributed by atoms with van der Waals surface area (Å²) in [5.74, 6) is 1.68. The number of thioether (sulfide) groups is 1. The average Bonchev–Trinajstić information content (AvgIpc) is 2.41. The first-order valence-corrected chi connectivity index (χ1v) is 8.20. The zero-order valence-corrected chi connectivity index (χ0v) is 12.9. The summed E-state index contributed by atoms with van der Waals surface area (Å²) >= 11 is 5.56. The molecule has 0 saturated carbocycles. The van der Waals surface area contributed by atoms with Crippen LogP contribution in [0.15, 0.2) is 59.5 Å². The predicted molar refractivity (Wildman–Crippen MR) is 84.9 cm³/mol. The number of hydrogen-bond donors (Lipinski definition) is 0. The van der Waals surface area contributed by atoms with Crippen molar-refractivity contribution in [2.45, 2.75) is 17.7 Å². The average molecular weight is 321 g/mol. The van der Waals surface area contributed by atoms with Gasteiger partial charge in [-0.3, -0.25) is 0 Å². The molecule has 1 atom stereocenters. The molecule has 0 radical (unpaired) electrons. The van der Waals surface area contributed by atoms with Gasteiger partial charge >= 0.3 is 0 Å². The molecule has 0 fully saturated rings. The summed E-state index contributed by atoms with van der Waals surface area (Å²) in [5.41, 5.74) is 2.74. The van der Waals surface area contributed by atoms with Gasteiger partial charge in [0.05, 0.1) is 0 Å². The molecule has 0 nitrogen and oxygen atoms in total. The smallest absolute Gasteiger partial charge is 0.0108 e. The lowest BCUT2D eigenvalue weighted by atomic mass is 10.0. The van der Waals surface area contributed by atoms with Crippen molar-refractivity contribution in [2.24, 2.45) is 0 Å².